The van der Waals surface area contributed by atoms with Gasteiger partial charge in [0.2, 0.25) is 11.9 Å². The summed E-state index contributed by atoms with van der Waals surface area (Å²) < 4.78 is 1.86. The highest BCUT2D eigenvalue weighted by Gasteiger charge is 2.15. The van der Waals surface area contributed by atoms with Gasteiger partial charge in [-0.05, 0) is 57.9 Å². The van der Waals surface area contributed by atoms with Gasteiger partial charge in [-0.2, -0.15) is 4.98 Å². The van der Waals surface area contributed by atoms with Crippen molar-refractivity contribution >= 4 is 23.0 Å². The second kappa shape index (κ2) is 14.9. The molecule has 7 N–H and O–H groups in total. The van der Waals surface area contributed by atoms with Crippen LogP contribution in [-0.2, 0) is 11.3 Å². The molecule has 12 heteroatoms. The SMILES string of the molecule is CCC(CN)CCn1cnc2c(=O)[nH]c(NC(=O)CN3CCCNCCNCCCNCC3)nc21. The molecule has 0 saturated carbocycles. The van der Waals surface area contributed by atoms with Crippen molar-refractivity contribution in [2.75, 3.05) is 70.8 Å². The minimum Gasteiger partial charge on any atom is -0.330 e. The number of aryl methyl sites for hydroxylation is 1. The minimum atomic E-state index is -0.363. The van der Waals surface area contributed by atoms with E-state index in [9.17, 15) is 9.59 Å². The third-order valence-corrected chi connectivity index (χ3v) is 6.41. The van der Waals surface area contributed by atoms with Crippen LogP contribution in [0.25, 0.3) is 11.2 Å². The summed E-state index contributed by atoms with van der Waals surface area (Å²) >= 11 is 0. The van der Waals surface area contributed by atoms with E-state index in [1.54, 1.807) is 6.33 Å². The quantitative estimate of drug-likeness (QED) is 0.281. The van der Waals surface area contributed by atoms with Gasteiger partial charge in [-0.1, -0.05) is 13.3 Å². The Labute approximate surface area is 206 Å². The number of aromatic amines is 1. The number of nitrogens with two attached hydrogens (primary N) is 1. The number of hydrogen-bond acceptors (Lipinski definition) is 9. The van der Waals surface area contributed by atoms with E-state index >= 15 is 0 Å². The number of amides is 1. The van der Waals surface area contributed by atoms with Gasteiger partial charge in [-0.3, -0.25) is 24.8 Å². The van der Waals surface area contributed by atoms with Gasteiger partial charge in [0.1, 0.15) is 0 Å². The van der Waals surface area contributed by atoms with Crippen molar-refractivity contribution in [3.8, 4) is 0 Å². The van der Waals surface area contributed by atoms with E-state index in [1.807, 2.05) is 4.57 Å². The summed E-state index contributed by atoms with van der Waals surface area (Å²) in [5.74, 6) is 0.351. The van der Waals surface area contributed by atoms with Gasteiger partial charge in [-0.15, -0.1) is 0 Å². The van der Waals surface area contributed by atoms with Crippen LogP contribution in [0.4, 0.5) is 5.95 Å². The predicted octanol–water partition coefficient (Wildman–Crippen LogP) is -0.702. The molecule has 1 saturated heterocycles. The zero-order valence-electron chi connectivity index (χ0n) is 20.9. The molecule has 0 aliphatic carbocycles. The Kier molecular flexibility index (Phi) is 11.6. The summed E-state index contributed by atoms with van der Waals surface area (Å²) in [6, 6.07) is 0. The molecule has 0 bridgehead atoms. The van der Waals surface area contributed by atoms with Crippen molar-refractivity contribution in [3.05, 3.63) is 16.7 Å². The lowest BCUT2D eigenvalue weighted by atomic mass is 10.0. The molecule has 2 aromatic heterocycles. The number of nitrogens with one attached hydrogen (secondary N) is 5. The van der Waals surface area contributed by atoms with E-state index in [2.05, 4.69) is 48.0 Å². The van der Waals surface area contributed by atoms with Gasteiger partial charge in [0.05, 0.1) is 12.9 Å². The second-order valence-electron chi connectivity index (χ2n) is 9.10. The fraction of sp³-hybridized carbons (Fsp3) is 0.739. The smallest absolute Gasteiger partial charge is 0.280 e. The molecule has 1 aliphatic rings. The molecule has 0 radical (unpaired) electrons. The first-order valence-electron chi connectivity index (χ1n) is 12.9. The first-order valence-corrected chi connectivity index (χ1v) is 12.9. The lowest BCUT2D eigenvalue weighted by Gasteiger charge is -2.22. The largest absolute Gasteiger partial charge is 0.330 e. The summed E-state index contributed by atoms with van der Waals surface area (Å²) in [6.07, 6.45) is 5.53. The normalized spacial score (nSPS) is 18.2. The Morgan fingerprint density at radius 3 is 2.60 bits per heavy atom. The number of nitrogens with zero attached hydrogens (tertiary/aromatic N) is 4. The standard InChI is InChI=1S/C23H42N10O2/c1-2-18(15-24)5-13-33-17-28-20-21(33)30-23(31-22(20)35)29-19(34)16-32-12-4-8-26-10-9-25-6-3-7-27-11-14-32/h17-18,25-27H,2-16,24H2,1H3,(H2,29,30,31,34,35). The molecule has 1 unspecified atom stereocenters. The molecule has 196 valence electrons. The summed E-state index contributed by atoms with van der Waals surface area (Å²) in [4.78, 5) is 38.8. The van der Waals surface area contributed by atoms with Crippen LogP contribution in [0.2, 0.25) is 0 Å². The average molecular weight is 491 g/mol. The molecule has 1 aliphatic heterocycles. The highest BCUT2D eigenvalue weighted by Crippen LogP contribution is 2.13. The van der Waals surface area contributed by atoms with E-state index in [0.29, 0.717) is 24.7 Å². The summed E-state index contributed by atoms with van der Waals surface area (Å²) in [6.45, 7) is 10.8. The number of carbonyl (C=O) groups is 1. The predicted molar refractivity (Wildman–Crippen MR) is 139 cm³/mol. The maximum Gasteiger partial charge on any atom is 0.280 e. The topological polar surface area (TPSA) is 158 Å². The first kappa shape index (κ1) is 27.2. The number of H-pyrrole nitrogens is 1. The van der Waals surface area contributed by atoms with Crippen LogP contribution in [0, 0.1) is 5.92 Å². The van der Waals surface area contributed by atoms with Crippen LogP contribution >= 0.6 is 0 Å². The number of fused-ring (bicyclic) bond motifs is 1. The van der Waals surface area contributed by atoms with Crippen LogP contribution < -0.4 is 32.6 Å². The van der Waals surface area contributed by atoms with Gasteiger partial charge in [0.25, 0.3) is 5.56 Å². The van der Waals surface area contributed by atoms with Gasteiger partial charge < -0.3 is 26.3 Å². The summed E-state index contributed by atoms with van der Waals surface area (Å²) in [5.41, 5.74) is 6.20. The van der Waals surface area contributed by atoms with Crippen LogP contribution in [0.3, 0.4) is 0 Å². The van der Waals surface area contributed by atoms with E-state index < -0.39 is 0 Å². The van der Waals surface area contributed by atoms with Crippen molar-refractivity contribution in [3.63, 3.8) is 0 Å². The molecule has 35 heavy (non-hydrogen) atoms. The number of carbonyl (C=O) groups excluding carboxylic acids is 1. The van der Waals surface area contributed by atoms with Crippen LogP contribution in [0.15, 0.2) is 11.1 Å². The molecule has 1 amide bonds. The molecule has 0 spiro atoms. The van der Waals surface area contributed by atoms with E-state index in [-0.39, 0.29) is 29.5 Å². The summed E-state index contributed by atoms with van der Waals surface area (Å²) in [5, 5.41) is 13.1. The van der Waals surface area contributed by atoms with Crippen molar-refractivity contribution in [2.45, 2.75) is 39.2 Å². The number of anilines is 1. The van der Waals surface area contributed by atoms with Gasteiger partial charge in [-0.25, -0.2) is 4.98 Å². The van der Waals surface area contributed by atoms with E-state index in [1.165, 1.54) is 0 Å². The monoisotopic (exact) mass is 490 g/mol. The molecular formula is C23H42N10O2. The Morgan fingerprint density at radius 2 is 1.86 bits per heavy atom. The number of hydrogen-bond donors (Lipinski definition) is 6. The third kappa shape index (κ3) is 8.97. The van der Waals surface area contributed by atoms with Gasteiger partial charge in [0, 0.05) is 32.7 Å². The maximum atomic E-state index is 12.8. The second-order valence-corrected chi connectivity index (χ2v) is 9.10. The molecule has 1 atom stereocenters. The van der Waals surface area contributed by atoms with Gasteiger partial charge >= 0.3 is 0 Å². The van der Waals surface area contributed by atoms with Crippen LogP contribution in [0.5, 0.6) is 0 Å². The van der Waals surface area contributed by atoms with Crippen molar-refractivity contribution < 1.29 is 4.79 Å². The molecule has 3 heterocycles. The first-order chi connectivity index (χ1) is 17.1. The third-order valence-electron chi connectivity index (χ3n) is 6.41. The highest BCUT2D eigenvalue weighted by molar-refractivity contribution is 5.91. The molecular weight excluding hydrogens is 448 g/mol. The molecule has 12 nitrogen and oxygen atoms in total. The molecule has 2 aromatic rings. The Hall–Kier alpha value is -2.38. The fourth-order valence-corrected chi connectivity index (χ4v) is 4.19. The minimum absolute atomic E-state index is 0.148. The number of aromatic nitrogens is 4. The molecule has 3 rings (SSSR count). The van der Waals surface area contributed by atoms with E-state index in [0.717, 1.165) is 78.0 Å². The Balaban J connectivity index is 1.60. The van der Waals surface area contributed by atoms with E-state index in [4.69, 9.17) is 5.73 Å². The van der Waals surface area contributed by atoms with Crippen molar-refractivity contribution in [1.82, 2.24) is 40.4 Å². The highest BCUT2D eigenvalue weighted by atomic mass is 16.2. The fourth-order valence-electron chi connectivity index (χ4n) is 4.19. The maximum absolute atomic E-state index is 12.8. The lowest BCUT2D eigenvalue weighted by Crippen LogP contribution is -2.40. The molecule has 1 fully saturated rings. The lowest BCUT2D eigenvalue weighted by molar-refractivity contribution is -0.117. The van der Waals surface area contributed by atoms with Crippen molar-refractivity contribution in [1.29, 1.82) is 0 Å². The Morgan fingerprint density at radius 1 is 1.11 bits per heavy atom. The zero-order chi connectivity index (χ0) is 24.9. The number of rotatable bonds is 8. The Bertz CT molecular complexity index is 941. The van der Waals surface area contributed by atoms with Gasteiger partial charge in [0.15, 0.2) is 11.2 Å². The molecule has 0 aromatic carbocycles. The van der Waals surface area contributed by atoms with Crippen LogP contribution in [-0.4, -0.2) is 95.8 Å². The average Bonchev–Trinajstić information content (AvgIpc) is 3.25. The van der Waals surface area contributed by atoms with Crippen LogP contribution in [0.1, 0.15) is 32.6 Å². The summed E-state index contributed by atoms with van der Waals surface area (Å²) in [7, 11) is 0. The number of imidazole rings is 1. The zero-order valence-corrected chi connectivity index (χ0v) is 20.9. The van der Waals surface area contributed by atoms with Crippen molar-refractivity contribution in [2.24, 2.45) is 11.7 Å².